The molecule has 0 aliphatic carbocycles. The van der Waals surface area contributed by atoms with Crippen LogP contribution in [0.15, 0.2) is 78.9 Å². The lowest BCUT2D eigenvalue weighted by Crippen LogP contribution is -2.47. The third-order valence-electron chi connectivity index (χ3n) is 5.58. The zero-order chi connectivity index (χ0) is 21.3. The molecule has 5 heteroatoms. The van der Waals surface area contributed by atoms with Crippen LogP contribution in [0.3, 0.4) is 0 Å². The van der Waals surface area contributed by atoms with Gasteiger partial charge in [0.2, 0.25) is 5.91 Å². The molecule has 3 aromatic carbocycles. The summed E-state index contributed by atoms with van der Waals surface area (Å²) >= 11 is 0. The second-order valence-electron chi connectivity index (χ2n) is 7.61. The van der Waals surface area contributed by atoms with E-state index in [1.165, 1.54) is 12.1 Å². The molecule has 0 fully saturated rings. The number of nitrogens with zero attached hydrogens (tertiary/aromatic N) is 2. The Bertz CT molecular complexity index is 1060. The molecule has 4 rings (SSSR count). The Kier molecular flexibility index (Phi) is 5.27. The van der Waals surface area contributed by atoms with Gasteiger partial charge in [-0.1, -0.05) is 36.4 Å². The fraction of sp³-hybridized carbons (Fsp3) is 0.200. The molecule has 0 bridgehead atoms. The van der Waals surface area contributed by atoms with Crippen LogP contribution in [0.25, 0.3) is 0 Å². The first-order valence-corrected chi connectivity index (χ1v) is 10.0. The van der Waals surface area contributed by atoms with Gasteiger partial charge < -0.3 is 14.9 Å². The van der Waals surface area contributed by atoms with Crippen molar-refractivity contribution in [3.63, 3.8) is 0 Å². The topological polar surface area (TPSA) is 60.9 Å². The van der Waals surface area contributed by atoms with E-state index in [-0.39, 0.29) is 29.6 Å². The highest BCUT2D eigenvalue weighted by molar-refractivity contribution is 6.07. The molecule has 0 aromatic heterocycles. The van der Waals surface area contributed by atoms with Crippen LogP contribution in [-0.2, 0) is 4.79 Å². The summed E-state index contributed by atoms with van der Waals surface area (Å²) < 4.78 is 0. The fourth-order valence-electron chi connectivity index (χ4n) is 4.25. The van der Waals surface area contributed by atoms with E-state index in [4.69, 9.17) is 0 Å². The summed E-state index contributed by atoms with van der Waals surface area (Å²) in [6, 6.07) is 23.4. The minimum atomic E-state index is -0.167. The van der Waals surface area contributed by atoms with Gasteiger partial charge in [0, 0.05) is 29.9 Å². The van der Waals surface area contributed by atoms with Crippen LogP contribution in [-0.4, -0.2) is 23.0 Å². The van der Waals surface area contributed by atoms with E-state index in [2.05, 4.69) is 0 Å². The van der Waals surface area contributed by atoms with Gasteiger partial charge in [0.05, 0.1) is 6.04 Å². The lowest BCUT2D eigenvalue weighted by atomic mass is 9.89. The van der Waals surface area contributed by atoms with E-state index in [0.717, 1.165) is 16.9 Å². The maximum Gasteiger partial charge on any atom is 0.258 e. The van der Waals surface area contributed by atoms with E-state index in [9.17, 15) is 14.7 Å². The van der Waals surface area contributed by atoms with Crippen LogP contribution < -0.4 is 9.80 Å². The molecule has 1 heterocycles. The molecule has 30 heavy (non-hydrogen) atoms. The zero-order valence-electron chi connectivity index (χ0n) is 17.0. The highest BCUT2D eigenvalue weighted by atomic mass is 16.3. The summed E-state index contributed by atoms with van der Waals surface area (Å²) in [5.74, 6) is -0.0346. The molecule has 0 radical (unpaired) electrons. The summed E-state index contributed by atoms with van der Waals surface area (Å²) in [5.41, 5.74) is 3.11. The number of fused-ring (bicyclic) bond motifs is 1. The summed E-state index contributed by atoms with van der Waals surface area (Å²) in [6.07, 6.45) is 0.620. The van der Waals surface area contributed by atoms with Gasteiger partial charge in [0.25, 0.3) is 5.91 Å². The average Bonchev–Trinajstić information content (AvgIpc) is 2.74. The summed E-state index contributed by atoms with van der Waals surface area (Å²) in [7, 11) is 0. The van der Waals surface area contributed by atoms with E-state index in [0.29, 0.717) is 12.0 Å². The lowest BCUT2D eigenvalue weighted by Gasteiger charge is -2.43. The molecular weight excluding hydrogens is 376 g/mol. The lowest BCUT2D eigenvalue weighted by molar-refractivity contribution is -0.117. The molecular formula is C25H24N2O3. The van der Waals surface area contributed by atoms with Crippen molar-refractivity contribution >= 4 is 23.2 Å². The summed E-state index contributed by atoms with van der Waals surface area (Å²) in [5, 5.41) is 9.55. The number of phenols is 1. The molecule has 2 amide bonds. The van der Waals surface area contributed by atoms with E-state index < -0.39 is 0 Å². The number of benzene rings is 3. The van der Waals surface area contributed by atoms with Crippen LogP contribution in [0.2, 0.25) is 0 Å². The Balaban J connectivity index is 1.77. The van der Waals surface area contributed by atoms with Gasteiger partial charge in [0.1, 0.15) is 5.75 Å². The Morgan fingerprint density at radius 1 is 0.933 bits per heavy atom. The van der Waals surface area contributed by atoms with Gasteiger partial charge in [-0.3, -0.25) is 9.59 Å². The van der Waals surface area contributed by atoms with Gasteiger partial charge in [-0.2, -0.15) is 0 Å². The zero-order valence-corrected chi connectivity index (χ0v) is 17.0. The molecule has 1 N–H and O–H groups in total. The maximum absolute atomic E-state index is 13.3. The molecule has 3 aromatic rings. The SMILES string of the molecule is CC(=O)N(c1ccccc1)[C@@H]1C[C@H](C)N(C(=O)c2ccc(O)cc2)c2ccccc21. The fourth-order valence-corrected chi connectivity index (χ4v) is 4.25. The molecule has 0 spiro atoms. The molecule has 0 unspecified atom stereocenters. The van der Waals surface area contributed by atoms with Crippen molar-refractivity contribution in [1.82, 2.24) is 0 Å². The predicted octanol–water partition coefficient (Wildman–Crippen LogP) is 4.93. The predicted molar refractivity (Wildman–Crippen MR) is 118 cm³/mol. The third-order valence-corrected chi connectivity index (χ3v) is 5.58. The minimum Gasteiger partial charge on any atom is -0.508 e. The molecule has 2 atom stereocenters. The largest absolute Gasteiger partial charge is 0.508 e. The maximum atomic E-state index is 13.3. The molecule has 152 valence electrons. The van der Waals surface area contributed by atoms with Crippen LogP contribution in [0.5, 0.6) is 5.75 Å². The Morgan fingerprint density at radius 3 is 2.23 bits per heavy atom. The first kappa shape index (κ1) is 19.7. The molecule has 5 nitrogen and oxygen atoms in total. The van der Waals surface area contributed by atoms with Gasteiger partial charge in [-0.25, -0.2) is 0 Å². The molecule has 0 saturated carbocycles. The Hall–Kier alpha value is -3.60. The number of aromatic hydroxyl groups is 1. The normalized spacial score (nSPS) is 17.9. The van der Waals surface area contributed by atoms with E-state index in [1.807, 2.05) is 66.4 Å². The highest BCUT2D eigenvalue weighted by Crippen LogP contribution is 2.42. The number of hydrogen-bond acceptors (Lipinski definition) is 3. The average molecular weight is 400 g/mol. The summed E-state index contributed by atoms with van der Waals surface area (Å²) in [4.78, 5) is 29.6. The first-order valence-electron chi connectivity index (χ1n) is 10.0. The quantitative estimate of drug-likeness (QED) is 0.678. The molecule has 0 saturated heterocycles. The van der Waals surface area contributed by atoms with Gasteiger partial charge in [0.15, 0.2) is 0 Å². The highest BCUT2D eigenvalue weighted by Gasteiger charge is 2.38. The number of carbonyl (C=O) groups excluding carboxylic acids is 2. The monoisotopic (exact) mass is 400 g/mol. The van der Waals surface area contributed by atoms with Crippen molar-refractivity contribution in [2.75, 3.05) is 9.80 Å². The van der Waals surface area contributed by atoms with Crippen molar-refractivity contribution in [2.45, 2.75) is 32.4 Å². The van der Waals surface area contributed by atoms with Crippen molar-refractivity contribution in [2.24, 2.45) is 0 Å². The van der Waals surface area contributed by atoms with Crippen molar-refractivity contribution in [1.29, 1.82) is 0 Å². The van der Waals surface area contributed by atoms with Gasteiger partial charge in [-0.15, -0.1) is 0 Å². The van der Waals surface area contributed by atoms with Crippen molar-refractivity contribution in [3.05, 3.63) is 90.0 Å². The summed E-state index contributed by atoms with van der Waals surface area (Å²) in [6.45, 7) is 3.58. The van der Waals surface area contributed by atoms with Gasteiger partial charge >= 0.3 is 0 Å². The first-order chi connectivity index (χ1) is 14.5. The van der Waals surface area contributed by atoms with Crippen LogP contribution in [0.4, 0.5) is 11.4 Å². The van der Waals surface area contributed by atoms with Crippen molar-refractivity contribution in [3.8, 4) is 5.75 Å². The number of amides is 2. The number of anilines is 2. The minimum absolute atomic E-state index is 0.0356. The van der Waals surface area contributed by atoms with E-state index >= 15 is 0 Å². The van der Waals surface area contributed by atoms with Crippen molar-refractivity contribution < 1.29 is 14.7 Å². The molecule has 1 aliphatic rings. The van der Waals surface area contributed by atoms with Crippen LogP contribution in [0, 0.1) is 0 Å². The van der Waals surface area contributed by atoms with Crippen LogP contribution in [0.1, 0.15) is 42.2 Å². The second-order valence-corrected chi connectivity index (χ2v) is 7.61. The van der Waals surface area contributed by atoms with E-state index in [1.54, 1.807) is 24.0 Å². The standard InChI is InChI=1S/C25H24N2O3/c1-17-16-24(27(18(2)28)20-8-4-3-5-9-20)22-10-6-7-11-23(22)26(17)25(30)19-12-14-21(29)15-13-19/h3-15,17,24,29H,16H2,1-2H3/t17-,24+/m0/s1. The Morgan fingerprint density at radius 2 is 1.57 bits per heavy atom. The number of rotatable bonds is 3. The number of phenolic OH excluding ortho intramolecular Hbond substituents is 1. The number of hydrogen-bond donors (Lipinski definition) is 1. The smallest absolute Gasteiger partial charge is 0.258 e. The third kappa shape index (κ3) is 3.54. The second kappa shape index (κ2) is 8.03. The Labute approximate surface area is 176 Å². The van der Waals surface area contributed by atoms with Gasteiger partial charge in [-0.05, 0) is 61.4 Å². The number of para-hydroxylation sites is 2. The molecule has 1 aliphatic heterocycles. The van der Waals surface area contributed by atoms with Crippen LogP contribution >= 0.6 is 0 Å². The number of carbonyl (C=O) groups is 2.